The van der Waals surface area contributed by atoms with E-state index in [2.05, 4.69) is 0 Å². The molecule has 0 N–H and O–H groups in total. The van der Waals surface area contributed by atoms with Gasteiger partial charge in [-0.25, -0.2) is 0 Å². The Bertz CT molecular complexity index is 749. The van der Waals surface area contributed by atoms with Crippen LogP contribution in [0.25, 0.3) is 5.83 Å². The van der Waals surface area contributed by atoms with E-state index in [-0.39, 0.29) is 11.1 Å². The Labute approximate surface area is 132 Å². The fourth-order valence-electron chi connectivity index (χ4n) is 1.96. The van der Waals surface area contributed by atoms with Crippen LogP contribution < -0.4 is 0 Å². The molecule has 0 bridgehead atoms. The molecule has 1 aliphatic rings. The van der Waals surface area contributed by atoms with Gasteiger partial charge in [-0.2, -0.15) is 8.78 Å². The van der Waals surface area contributed by atoms with Crippen LogP contribution >= 0.6 is 0 Å². The third-order valence-electron chi connectivity index (χ3n) is 2.98. The number of fused-ring (bicyclic) bond motifs is 1. The summed E-state index contributed by atoms with van der Waals surface area (Å²) in [5.74, 6) is -7.63. The van der Waals surface area contributed by atoms with Crippen molar-refractivity contribution in [2.45, 2.75) is 27.7 Å². The number of furan rings is 1. The highest BCUT2D eigenvalue weighted by molar-refractivity contribution is 6.52. The molecule has 0 atom stereocenters. The number of rotatable bonds is 3. The lowest BCUT2D eigenvalue weighted by Crippen LogP contribution is -2.22. The summed E-state index contributed by atoms with van der Waals surface area (Å²) in [6.07, 6.45) is 5.43. The number of halogens is 2. The van der Waals surface area contributed by atoms with Crippen LogP contribution in [-0.4, -0.2) is 17.3 Å². The molecular formula is C17H16F2O4. The molecule has 0 spiro atoms. The predicted octanol–water partition coefficient (Wildman–Crippen LogP) is 4.38. The van der Waals surface area contributed by atoms with E-state index in [0.29, 0.717) is 0 Å². The van der Waals surface area contributed by atoms with Crippen LogP contribution in [0.5, 0.6) is 0 Å². The highest BCUT2D eigenvalue weighted by atomic mass is 19.2. The van der Waals surface area contributed by atoms with Crippen molar-refractivity contribution in [2.75, 3.05) is 0 Å². The van der Waals surface area contributed by atoms with Crippen LogP contribution in [0.1, 0.15) is 54.2 Å². The molecule has 0 saturated heterocycles. The van der Waals surface area contributed by atoms with Gasteiger partial charge >= 0.3 is 0 Å². The van der Waals surface area contributed by atoms with Crippen molar-refractivity contribution >= 4 is 23.2 Å². The summed E-state index contributed by atoms with van der Waals surface area (Å²) in [6, 6.07) is 0. The molecule has 1 aromatic rings. The van der Waals surface area contributed by atoms with Crippen molar-refractivity contribution in [2.24, 2.45) is 0 Å². The molecule has 122 valence electrons. The first kappa shape index (κ1) is 18.4. The van der Waals surface area contributed by atoms with Gasteiger partial charge in [-0.3, -0.25) is 14.4 Å². The maximum atomic E-state index is 13.6. The van der Waals surface area contributed by atoms with Crippen molar-refractivity contribution in [3.8, 4) is 0 Å². The molecule has 0 unspecified atom stereocenters. The zero-order chi connectivity index (χ0) is 17.7. The SMILES string of the molecule is C/C=C\C(=C/C)C(=O)c1coc2c1C(=O)C(=O)C(F)=C2F.CC. The lowest BCUT2D eigenvalue weighted by atomic mass is 9.92. The summed E-state index contributed by atoms with van der Waals surface area (Å²) in [7, 11) is 0. The predicted molar refractivity (Wildman–Crippen MR) is 81.4 cm³/mol. The Hall–Kier alpha value is -2.63. The number of ketones is 3. The van der Waals surface area contributed by atoms with E-state index in [1.54, 1.807) is 19.9 Å². The molecule has 0 fully saturated rings. The van der Waals surface area contributed by atoms with E-state index >= 15 is 0 Å². The Morgan fingerprint density at radius 3 is 2.22 bits per heavy atom. The second kappa shape index (κ2) is 7.58. The molecule has 1 aliphatic carbocycles. The van der Waals surface area contributed by atoms with E-state index in [0.717, 1.165) is 6.26 Å². The zero-order valence-corrected chi connectivity index (χ0v) is 13.2. The lowest BCUT2D eigenvalue weighted by Gasteiger charge is -2.08. The monoisotopic (exact) mass is 322 g/mol. The Balaban J connectivity index is 0.00000127. The number of carbonyl (C=O) groups excluding carboxylic acids is 3. The van der Waals surface area contributed by atoms with E-state index < -0.39 is 40.3 Å². The van der Waals surface area contributed by atoms with Gasteiger partial charge in [0, 0.05) is 5.57 Å². The smallest absolute Gasteiger partial charge is 0.265 e. The standard InChI is InChI=1S/C15H10F2O4.C2H6/c1-3-5-7(4-2)12(18)8-6-21-15-9(8)13(19)14(20)10(16)11(15)17;1-2/h3-6H,1-2H3;1-2H3/b5-3-,7-4+;. The van der Waals surface area contributed by atoms with Crippen LogP contribution in [0.3, 0.4) is 0 Å². The number of hydrogen-bond acceptors (Lipinski definition) is 4. The minimum Gasteiger partial charge on any atom is -0.460 e. The first-order chi connectivity index (χ1) is 10.9. The molecule has 23 heavy (non-hydrogen) atoms. The van der Waals surface area contributed by atoms with Crippen molar-refractivity contribution < 1.29 is 27.6 Å². The normalized spacial score (nSPS) is 14.8. The van der Waals surface area contributed by atoms with Crippen LogP contribution in [0.4, 0.5) is 8.78 Å². The molecule has 1 heterocycles. The van der Waals surface area contributed by atoms with Gasteiger partial charge in [0.15, 0.2) is 11.5 Å². The Kier molecular flexibility index (Phi) is 6.07. The van der Waals surface area contributed by atoms with Crippen molar-refractivity contribution in [3.05, 3.63) is 52.8 Å². The Morgan fingerprint density at radius 1 is 1.09 bits per heavy atom. The maximum absolute atomic E-state index is 13.6. The molecule has 0 radical (unpaired) electrons. The van der Waals surface area contributed by atoms with E-state index in [1.165, 1.54) is 12.2 Å². The van der Waals surface area contributed by atoms with Crippen LogP contribution in [0.15, 0.2) is 40.3 Å². The average molecular weight is 322 g/mol. The summed E-state index contributed by atoms with van der Waals surface area (Å²) >= 11 is 0. The third-order valence-corrected chi connectivity index (χ3v) is 2.98. The fraction of sp³-hybridized carbons (Fsp3) is 0.235. The largest absolute Gasteiger partial charge is 0.460 e. The first-order valence-corrected chi connectivity index (χ1v) is 7.03. The summed E-state index contributed by atoms with van der Waals surface area (Å²) in [5.41, 5.74) is -0.568. The number of Topliss-reactive ketones (excluding diaryl/α,β-unsaturated/α-hetero) is 3. The van der Waals surface area contributed by atoms with Crippen LogP contribution in [0, 0.1) is 0 Å². The minimum atomic E-state index is -1.81. The number of allylic oxidation sites excluding steroid dienone is 5. The van der Waals surface area contributed by atoms with Crippen LogP contribution in [-0.2, 0) is 4.79 Å². The molecule has 2 rings (SSSR count). The second-order valence-electron chi connectivity index (χ2n) is 4.21. The van der Waals surface area contributed by atoms with Gasteiger partial charge in [0.05, 0.1) is 11.1 Å². The van der Waals surface area contributed by atoms with E-state index in [4.69, 9.17) is 4.42 Å². The molecule has 1 aromatic heterocycles. The summed E-state index contributed by atoms with van der Waals surface area (Å²) in [4.78, 5) is 35.4. The summed E-state index contributed by atoms with van der Waals surface area (Å²) in [6.45, 7) is 7.29. The average Bonchev–Trinajstić information content (AvgIpc) is 3.02. The van der Waals surface area contributed by atoms with Crippen molar-refractivity contribution in [3.63, 3.8) is 0 Å². The van der Waals surface area contributed by atoms with Gasteiger partial charge in [0.2, 0.25) is 17.4 Å². The summed E-state index contributed by atoms with van der Waals surface area (Å²) in [5, 5.41) is 0. The fourth-order valence-corrected chi connectivity index (χ4v) is 1.96. The van der Waals surface area contributed by atoms with Gasteiger partial charge in [0.25, 0.3) is 5.78 Å². The van der Waals surface area contributed by atoms with Gasteiger partial charge < -0.3 is 4.42 Å². The van der Waals surface area contributed by atoms with Gasteiger partial charge in [-0.05, 0) is 13.8 Å². The molecule has 0 saturated carbocycles. The van der Waals surface area contributed by atoms with Crippen molar-refractivity contribution in [1.29, 1.82) is 0 Å². The Morgan fingerprint density at radius 2 is 1.70 bits per heavy atom. The maximum Gasteiger partial charge on any atom is 0.265 e. The van der Waals surface area contributed by atoms with Gasteiger partial charge in [0.1, 0.15) is 6.26 Å². The van der Waals surface area contributed by atoms with Gasteiger partial charge in [-0.1, -0.05) is 32.1 Å². The van der Waals surface area contributed by atoms with E-state index in [1.807, 2.05) is 13.8 Å². The highest BCUT2D eigenvalue weighted by Gasteiger charge is 2.40. The molecule has 0 aliphatic heterocycles. The minimum absolute atomic E-state index is 0.233. The molecule has 0 amide bonds. The van der Waals surface area contributed by atoms with Crippen molar-refractivity contribution in [1.82, 2.24) is 0 Å². The first-order valence-electron chi connectivity index (χ1n) is 7.03. The quantitative estimate of drug-likeness (QED) is 0.358. The molecule has 0 aromatic carbocycles. The molecule has 6 heteroatoms. The molecule has 4 nitrogen and oxygen atoms in total. The van der Waals surface area contributed by atoms with Gasteiger partial charge in [-0.15, -0.1) is 0 Å². The number of carbonyl (C=O) groups is 3. The zero-order valence-electron chi connectivity index (χ0n) is 13.2. The molecular weight excluding hydrogens is 306 g/mol. The third kappa shape index (κ3) is 3.11. The lowest BCUT2D eigenvalue weighted by molar-refractivity contribution is -0.113. The number of hydrogen-bond donors (Lipinski definition) is 0. The van der Waals surface area contributed by atoms with E-state index in [9.17, 15) is 23.2 Å². The highest BCUT2D eigenvalue weighted by Crippen LogP contribution is 2.35. The summed E-state index contributed by atoms with van der Waals surface area (Å²) < 4.78 is 31.6. The second-order valence-corrected chi connectivity index (χ2v) is 4.21. The topological polar surface area (TPSA) is 64.3 Å². The van der Waals surface area contributed by atoms with Crippen LogP contribution in [0.2, 0.25) is 0 Å².